The molecule has 0 rings (SSSR count). The minimum Gasteiger partial charge on any atom is -0.328 e. The van der Waals surface area contributed by atoms with Crippen molar-refractivity contribution in [3.05, 3.63) is 0 Å². The lowest BCUT2D eigenvalue weighted by molar-refractivity contribution is 0.144. The van der Waals surface area contributed by atoms with Gasteiger partial charge in [0.15, 0.2) is 0 Å². The van der Waals surface area contributed by atoms with E-state index in [9.17, 15) is 4.39 Å². The molecule has 0 saturated carbocycles. The summed E-state index contributed by atoms with van der Waals surface area (Å²) in [6, 6.07) is 0. The molecule has 1 nitrogen and oxygen atoms in total. The van der Waals surface area contributed by atoms with Crippen LogP contribution >= 0.6 is 0 Å². The van der Waals surface area contributed by atoms with E-state index >= 15 is 0 Å². The van der Waals surface area contributed by atoms with Gasteiger partial charge in [0.05, 0.1) is 0 Å². The van der Waals surface area contributed by atoms with E-state index < -0.39 is 5.67 Å². The topological polar surface area (TPSA) is 26.0 Å². The summed E-state index contributed by atoms with van der Waals surface area (Å²) in [6.07, 6.45) is 2.98. The summed E-state index contributed by atoms with van der Waals surface area (Å²) in [5.41, 5.74) is 4.22. The maximum atomic E-state index is 13.4. The molecule has 0 aliphatic rings. The Hall–Kier alpha value is -0.110. The number of rotatable bonds is 5. The fourth-order valence-corrected chi connectivity index (χ4v) is 1.23. The van der Waals surface area contributed by atoms with Crippen molar-refractivity contribution in [3.63, 3.8) is 0 Å². The van der Waals surface area contributed by atoms with Crippen LogP contribution in [0.2, 0.25) is 0 Å². The largest absolute Gasteiger partial charge is 0.328 e. The van der Waals surface area contributed by atoms with Gasteiger partial charge in [0, 0.05) is 6.54 Å². The van der Waals surface area contributed by atoms with Crippen LogP contribution in [-0.4, -0.2) is 12.2 Å². The molecule has 0 aromatic heterocycles. The van der Waals surface area contributed by atoms with E-state index in [4.69, 9.17) is 5.73 Å². The first-order valence-electron chi connectivity index (χ1n) is 4.07. The molecule has 0 aromatic carbocycles. The van der Waals surface area contributed by atoms with Gasteiger partial charge >= 0.3 is 0 Å². The number of hydrogen-bond donors (Lipinski definition) is 1. The van der Waals surface area contributed by atoms with Crippen LogP contribution in [0.3, 0.4) is 0 Å². The SMILES string of the molecule is CCCC(F)(CN)CCC. The Morgan fingerprint density at radius 2 is 1.60 bits per heavy atom. The first-order valence-corrected chi connectivity index (χ1v) is 4.07. The smallest absolute Gasteiger partial charge is 0.123 e. The Bertz CT molecular complexity index is 77.3. The Morgan fingerprint density at radius 1 is 1.20 bits per heavy atom. The Kier molecular flexibility index (Phi) is 4.62. The van der Waals surface area contributed by atoms with Crippen LogP contribution in [0, 0.1) is 0 Å². The summed E-state index contributed by atoms with van der Waals surface area (Å²) in [7, 11) is 0. The van der Waals surface area contributed by atoms with Crippen molar-refractivity contribution in [2.75, 3.05) is 6.54 Å². The van der Waals surface area contributed by atoms with E-state index in [0.29, 0.717) is 12.8 Å². The van der Waals surface area contributed by atoms with Gasteiger partial charge in [-0.1, -0.05) is 26.7 Å². The van der Waals surface area contributed by atoms with Crippen molar-refractivity contribution in [2.24, 2.45) is 5.73 Å². The third-order valence-electron chi connectivity index (χ3n) is 1.76. The van der Waals surface area contributed by atoms with Crippen molar-refractivity contribution in [1.82, 2.24) is 0 Å². The molecule has 0 bridgehead atoms. The first-order chi connectivity index (χ1) is 4.68. The van der Waals surface area contributed by atoms with Gasteiger partial charge in [-0.05, 0) is 12.8 Å². The van der Waals surface area contributed by atoms with E-state index in [1.165, 1.54) is 0 Å². The van der Waals surface area contributed by atoms with Crippen LogP contribution in [0.25, 0.3) is 0 Å². The van der Waals surface area contributed by atoms with Crippen LogP contribution in [0.15, 0.2) is 0 Å². The minimum atomic E-state index is -1.08. The van der Waals surface area contributed by atoms with E-state index in [2.05, 4.69) is 0 Å². The molecule has 0 aromatic rings. The molecule has 0 spiro atoms. The van der Waals surface area contributed by atoms with Crippen LogP contribution < -0.4 is 5.73 Å². The number of hydrogen-bond acceptors (Lipinski definition) is 1. The molecule has 2 heteroatoms. The van der Waals surface area contributed by atoms with Gasteiger partial charge in [0.2, 0.25) is 0 Å². The molecule has 0 fully saturated rings. The average molecular weight is 147 g/mol. The van der Waals surface area contributed by atoms with E-state index in [1.54, 1.807) is 0 Å². The molecule has 0 atom stereocenters. The van der Waals surface area contributed by atoms with Gasteiger partial charge < -0.3 is 5.73 Å². The van der Waals surface area contributed by atoms with Crippen molar-refractivity contribution in [3.8, 4) is 0 Å². The van der Waals surface area contributed by atoms with Crippen molar-refractivity contribution in [2.45, 2.75) is 45.2 Å². The van der Waals surface area contributed by atoms with Gasteiger partial charge in [-0.25, -0.2) is 4.39 Å². The fraction of sp³-hybridized carbons (Fsp3) is 1.00. The highest BCUT2D eigenvalue weighted by molar-refractivity contribution is 4.78. The van der Waals surface area contributed by atoms with Crippen LogP contribution in [0.1, 0.15) is 39.5 Å². The van der Waals surface area contributed by atoms with Gasteiger partial charge in [-0.3, -0.25) is 0 Å². The number of nitrogens with two attached hydrogens (primary N) is 1. The molecule has 0 unspecified atom stereocenters. The molecule has 0 radical (unpaired) electrons. The lowest BCUT2D eigenvalue weighted by Gasteiger charge is -2.21. The maximum absolute atomic E-state index is 13.4. The second-order valence-electron chi connectivity index (χ2n) is 2.86. The lowest BCUT2D eigenvalue weighted by Crippen LogP contribution is -2.32. The van der Waals surface area contributed by atoms with Crippen molar-refractivity contribution < 1.29 is 4.39 Å². The van der Waals surface area contributed by atoms with Gasteiger partial charge in [0.25, 0.3) is 0 Å². The van der Waals surface area contributed by atoms with Gasteiger partial charge in [0.1, 0.15) is 5.67 Å². The van der Waals surface area contributed by atoms with Crippen molar-refractivity contribution in [1.29, 1.82) is 0 Å². The molecule has 0 saturated heterocycles. The second kappa shape index (κ2) is 4.67. The molecular weight excluding hydrogens is 129 g/mol. The molecular formula is C8H18FN. The summed E-state index contributed by atoms with van der Waals surface area (Å²) < 4.78 is 13.4. The quantitative estimate of drug-likeness (QED) is 0.634. The molecule has 62 valence electrons. The third-order valence-corrected chi connectivity index (χ3v) is 1.76. The fourth-order valence-electron chi connectivity index (χ4n) is 1.23. The Labute approximate surface area is 62.8 Å². The normalized spacial score (nSPS) is 12.0. The lowest BCUT2D eigenvalue weighted by atomic mass is 9.95. The molecule has 0 aliphatic heterocycles. The standard InChI is InChI=1S/C8H18FN/c1-3-5-8(9,7-10)6-4-2/h3-7,10H2,1-2H3. The first kappa shape index (κ1) is 9.89. The Morgan fingerprint density at radius 3 is 1.80 bits per heavy atom. The molecule has 2 N–H and O–H groups in total. The van der Waals surface area contributed by atoms with Crippen LogP contribution in [-0.2, 0) is 0 Å². The third kappa shape index (κ3) is 3.16. The van der Waals surface area contributed by atoms with E-state index in [1.807, 2.05) is 13.8 Å². The second-order valence-corrected chi connectivity index (χ2v) is 2.86. The van der Waals surface area contributed by atoms with Gasteiger partial charge in [-0.15, -0.1) is 0 Å². The summed E-state index contributed by atoms with van der Waals surface area (Å²) in [6.45, 7) is 4.15. The minimum absolute atomic E-state index is 0.175. The highest BCUT2D eigenvalue weighted by atomic mass is 19.1. The van der Waals surface area contributed by atoms with E-state index in [0.717, 1.165) is 12.8 Å². The predicted molar refractivity (Wildman–Crippen MR) is 42.7 cm³/mol. The van der Waals surface area contributed by atoms with Gasteiger partial charge in [-0.2, -0.15) is 0 Å². The zero-order chi connectivity index (χ0) is 8.04. The number of halogens is 1. The summed E-state index contributed by atoms with van der Waals surface area (Å²) >= 11 is 0. The molecule has 0 heterocycles. The molecule has 0 amide bonds. The molecule has 10 heavy (non-hydrogen) atoms. The maximum Gasteiger partial charge on any atom is 0.123 e. The van der Waals surface area contributed by atoms with Crippen LogP contribution in [0.5, 0.6) is 0 Å². The monoisotopic (exact) mass is 147 g/mol. The summed E-state index contributed by atoms with van der Waals surface area (Å²) in [5, 5.41) is 0. The predicted octanol–water partition coefficient (Wildman–Crippen LogP) is 2.25. The zero-order valence-corrected chi connectivity index (χ0v) is 6.99. The average Bonchev–Trinajstić information content (AvgIpc) is 1.89. The zero-order valence-electron chi connectivity index (χ0n) is 6.99. The van der Waals surface area contributed by atoms with Crippen LogP contribution in [0.4, 0.5) is 4.39 Å². The van der Waals surface area contributed by atoms with E-state index in [-0.39, 0.29) is 6.54 Å². The van der Waals surface area contributed by atoms with Crippen molar-refractivity contribution >= 4 is 0 Å². The molecule has 0 aliphatic carbocycles. The highest BCUT2D eigenvalue weighted by Gasteiger charge is 2.24. The highest BCUT2D eigenvalue weighted by Crippen LogP contribution is 2.22. The Balaban J connectivity index is 3.69. The number of alkyl halides is 1. The summed E-state index contributed by atoms with van der Waals surface area (Å²) in [5.74, 6) is 0. The summed E-state index contributed by atoms with van der Waals surface area (Å²) in [4.78, 5) is 0.